The van der Waals surface area contributed by atoms with E-state index < -0.39 is 22.9 Å². The van der Waals surface area contributed by atoms with Crippen molar-refractivity contribution in [3.63, 3.8) is 0 Å². The zero-order valence-corrected chi connectivity index (χ0v) is 15.5. The first-order valence-electron chi connectivity index (χ1n) is 9.55. The lowest BCUT2D eigenvalue weighted by Gasteiger charge is -2.37. The minimum absolute atomic E-state index is 0.194. The molecule has 1 aliphatic heterocycles. The largest absolute Gasteiger partial charge is 0.481 e. The van der Waals surface area contributed by atoms with E-state index in [1.807, 2.05) is 6.92 Å². The molecule has 0 amide bonds. The predicted molar refractivity (Wildman–Crippen MR) is 99.2 cm³/mol. The van der Waals surface area contributed by atoms with Gasteiger partial charge in [-0.1, -0.05) is 26.2 Å². The lowest BCUT2D eigenvalue weighted by Crippen LogP contribution is -2.40. The summed E-state index contributed by atoms with van der Waals surface area (Å²) in [5, 5.41) is 8.34. The number of hydrogen-bond acceptors (Lipinski definition) is 2. The Labute approximate surface area is 156 Å². The standard InChI is InChI=1S/C20H28BF2NO2/c1-2-3-8-20(21,19(25)26)9-7-18-6-4-5-10-24(18)14-15-11-16(22)13-17(23)12-15/h11-13,18H,2-10,14H2,1H3,(H,25,26). The highest BCUT2D eigenvalue weighted by Gasteiger charge is 2.33. The monoisotopic (exact) mass is 363 g/mol. The summed E-state index contributed by atoms with van der Waals surface area (Å²) in [4.78, 5) is 13.8. The number of aliphatic carboxylic acids is 1. The first kappa shape index (κ1) is 20.9. The fourth-order valence-electron chi connectivity index (χ4n) is 3.79. The number of nitrogens with zero attached hydrogens (tertiary/aromatic N) is 1. The van der Waals surface area contributed by atoms with Gasteiger partial charge in [-0.15, -0.1) is 0 Å². The van der Waals surface area contributed by atoms with Gasteiger partial charge in [0.15, 0.2) is 0 Å². The Kier molecular flexibility index (Phi) is 7.62. The molecule has 1 fully saturated rings. The van der Waals surface area contributed by atoms with Crippen LogP contribution in [0.2, 0.25) is 5.31 Å². The maximum atomic E-state index is 13.5. The van der Waals surface area contributed by atoms with E-state index in [1.165, 1.54) is 12.1 Å². The molecule has 1 aromatic carbocycles. The SMILES string of the molecule is [B]C(CCCC)(CCC1CCCCN1Cc1cc(F)cc(F)c1)C(=O)O. The van der Waals surface area contributed by atoms with Crippen LogP contribution in [0.4, 0.5) is 8.78 Å². The summed E-state index contributed by atoms with van der Waals surface area (Å²) in [7, 11) is 6.16. The van der Waals surface area contributed by atoms with Crippen molar-refractivity contribution in [3.05, 3.63) is 35.4 Å². The molecule has 2 atom stereocenters. The van der Waals surface area contributed by atoms with Crippen LogP contribution < -0.4 is 0 Å². The summed E-state index contributed by atoms with van der Waals surface area (Å²) in [6, 6.07) is 3.79. The molecular weight excluding hydrogens is 335 g/mol. The number of likely N-dealkylation sites (tertiary alicyclic amines) is 1. The van der Waals surface area contributed by atoms with Crippen LogP contribution in [0.3, 0.4) is 0 Å². The minimum Gasteiger partial charge on any atom is -0.481 e. The molecule has 1 aliphatic rings. The Hall–Kier alpha value is -1.43. The molecule has 2 unspecified atom stereocenters. The van der Waals surface area contributed by atoms with Crippen molar-refractivity contribution in [2.45, 2.75) is 76.2 Å². The molecule has 1 aromatic rings. The van der Waals surface area contributed by atoms with Gasteiger partial charge in [-0.3, -0.25) is 9.69 Å². The van der Waals surface area contributed by atoms with Crippen LogP contribution >= 0.6 is 0 Å². The Bertz CT molecular complexity index is 593. The van der Waals surface area contributed by atoms with E-state index >= 15 is 0 Å². The fraction of sp³-hybridized carbons (Fsp3) is 0.650. The van der Waals surface area contributed by atoms with Gasteiger partial charge in [-0.2, -0.15) is 0 Å². The summed E-state index contributed by atoms with van der Waals surface area (Å²) in [6.07, 6.45) is 6.36. The van der Waals surface area contributed by atoms with Crippen molar-refractivity contribution in [2.75, 3.05) is 6.54 Å². The van der Waals surface area contributed by atoms with Crippen molar-refractivity contribution < 1.29 is 18.7 Å². The Morgan fingerprint density at radius 2 is 1.96 bits per heavy atom. The average Bonchev–Trinajstić information content (AvgIpc) is 2.58. The molecule has 1 saturated heterocycles. The maximum absolute atomic E-state index is 13.5. The van der Waals surface area contributed by atoms with E-state index in [9.17, 15) is 18.7 Å². The zero-order chi connectivity index (χ0) is 19.2. The van der Waals surface area contributed by atoms with Gasteiger partial charge in [0.1, 0.15) is 11.6 Å². The fourth-order valence-corrected chi connectivity index (χ4v) is 3.79. The van der Waals surface area contributed by atoms with Crippen molar-refractivity contribution >= 4 is 13.8 Å². The van der Waals surface area contributed by atoms with E-state index in [0.717, 1.165) is 44.7 Å². The number of carboxylic acids is 1. The van der Waals surface area contributed by atoms with Crippen LogP contribution in [0, 0.1) is 11.6 Å². The molecule has 0 bridgehead atoms. The number of carboxylic acid groups (broad SMARTS) is 1. The highest BCUT2D eigenvalue weighted by Crippen LogP contribution is 2.37. The lowest BCUT2D eigenvalue weighted by molar-refractivity contribution is -0.141. The molecule has 0 aliphatic carbocycles. The molecule has 2 radical (unpaired) electrons. The second-order valence-electron chi connectivity index (χ2n) is 7.50. The molecule has 0 aromatic heterocycles. The highest BCUT2D eigenvalue weighted by atomic mass is 19.1. The third kappa shape index (κ3) is 5.80. The van der Waals surface area contributed by atoms with E-state index in [0.29, 0.717) is 31.4 Å². The van der Waals surface area contributed by atoms with Gasteiger partial charge < -0.3 is 5.11 Å². The van der Waals surface area contributed by atoms with Gasteiger partial charge in [0.25, 0.3) is 0 Å². The third-order valence-corrected chi connectivity index (χ3v) is 5.38. The molecule has 2 rings (SSSR count). The van der Waals surface area contributed by atoms with E-state index in [4.69, 9.17) is 7.85 Å². The average molecular weight is 363 g/mol. The van der Waals surface area contributed by atoms with Crippen LogP contribution in [0.25, 0.3) is 0 Å². The van der Waals surface area contributed by atoms with Gasteiger partial charge in [-0.25, -0.2) is 8.78 Å². The first-order chi connectivity index (χ1) is 12.3. The van der Waals surface area contributed by atoms with Crippen molar-refractivity contribution in [2.24, 2.45) is 0 Å². The Morgan fingerprint density at radius 3 is 2.58 bits per heavy atom. The van der Waals surface area contributed by atoms with Gasteiger partial charge >= 0.3 is 5.97 Å². The molecule has 26 heavy (non-hydrogen) atoms. The van der Waals surface area contributed by atoms with E-state index in [2.05, 4.69) is 4.90 Å². The number of benzene rings is 1. The van der Waals surface area contributed by atoms with Crippen molar-refractivity contribution in [3.8, 4) is 0 Å². The van der Waals surface area contributed by atoms with Crippen LogP contribution in [0.5, 0.6) is 0 Å². The quantitative estimate of drug-likeness (QED) is 0.647. The van der Waals surface area contributed by atoms with Gasteiger partial charge in [-0.05, 0) is 56.3 Å². The second kappa shape index (κ2) is 9.49. The highest BCUT2D eigenvalue weighted by molar-refractivity contribution is 6.26. The van der Waals surface area contributed by atoms with Crippen LogP contribution in [0.15, 0.2) is 18.2 Å². The molecule has 0 spiro atoms. The third-order valence-electron chi connectivity index (χ3n) is 5.38. The summed E-state index contributed by atoms with van der Waals surface area (Å²) in [6.45, 7) is 3.34. The van der Waals surface area contributed by atoms with Gasteiger partial charge in [0.2, 0.25) is 0 Å². The Balaban J connectivity index is 2.02. The number of rotatable bonds is 9. The summed E-state index contributed by atoms with van der Waals surface area (Å²) < 4.78 is 26.9. The topological polar surface area (TPSA) is 40.5 Å². The second-order valence-corrected chi connectivity index (χ2v) is 7.50. The lowest BCUT2D eigenvalue weighted by atomic mass is 9.62. The molecule has 142 valence electrons. The normalized spacial score (nSPS) is 20.7. The molecule has 1 heterocycles. The van der Waals surface area contributed by atoms with E-state index in [-0.39, 0.29) is 6.04 Å². The number of carbonyl (C=O) groups is 1. The predicted octanol–water partition coefficient (Wildman–Crippen LogP) is 4.70. The summed E-state index contributed by atoms with van der Waals surface area (Å²) >= 11 is 0. The van der Waals surface area contributed by atoms with Crippen molar-refractivity contribution in [1.29, 1.82) is 0 Å². The van der Waals surface area contributed by atoms with Crippen LogP contribution in [0.1, 0.15) is 63.9 Å². The van der Waals surface area contributed by atoms with Crippen LogP contribution in [-0.4, -0.2) is 36.4 Å². The zero-order valence-electron chi connectivity index (χ0n) is 15.5. The molecular formula is C20H28BF2NO2. The number of unbranched alkanes of at least 4 members (excludes halogenated alkanes) is 1. The maximum Gasteiger partial charge on any atom is 0.300 e. The number of halogens is 2. The van der Waals surface area contributed by atoms with Gasteiger partial charge in [0, 0.05) is 24.0 Å². The molecule has 6 heteroatoms. The van der Waals surface area contributed by atoms with Crippen LogP contribution in [-0.2, 0) is 11.3 Å². The molecule has 0 saturated carbocycles. The summed E-state index contributed by atoms with van der Waals surface area (Å²) in [5.74, 6) is -2.08. The minimum atomic E-state index is -1.19. The number of piperidine rings is 1. The van der Waals surface area contributed by atoms with E-state index in [1.54, 1.807) is 0 Å². The number of hydrogen-bond donors (Lipinski definition) is 1. The smallest absolute Gasteiger partial charge is 0.300 e. The molecule has 3 nitrogen and oxygen atoms in total. The summed E-state index contributed by atoms with van der Waals surface area (Å²) in [5.41, 5.74) is 0.609. The Morgan fingerprint density at radius 1 is 1.27 bits per heavy atom. The van der Waals surface area contributed by atoms with Crippen molar-refractivity contribution in [1.82, 2.24) is 4.90 Å². The first-order valence-corrected chi connectivity index (χ1v) is 9.55. The van der Waals surface area contributed by atoms with Gasteiger partial charge in [0.05, 0.1) is 7.85 Å². The molecule has 1 N–H and O–H groups in total.